The lowest BCUT2D eigenvalue weighted by Crippen LogP contribution is -2.05. The zero-order valence-electron chi connectivity index (χ0n) is 9.78. The minimum Gasteiger partial charge on any atom is -0.481 e. The first kappa shape index (κ1) is 13.0. The lowest BCUT2D eigenvalue weighted by molar-refractivity contribution is -0.133. The molecule has 88 valence electrons. The van der Waals surface area contributed by atoms with Crippen molar-refractivity contribution in [1.82, 2.24) is 9.97 Å². The Labute approximate surface area is 99.5 Å². The molecule has 1 aromatic heterocycles. The third-order valence-electron chi connectivity index (χ3n) is 2.22. The van der Waals surface area contributed by atoms with E-state index >= 15 is 0 Å². The molecule has 0 amide bonds. The summed E-state index contributed by atoms with van der Waals surface area (Å²) in [5.74, 6) is 0.0102. The van der Waals surface area contributed by atoms with E-state index in [2.05, 4.69) is 9.97 Å². The highest BCUT2D eigenvalue weighted by Gasteiger charge is 2.11. The fourth-order valence-electron chi connectivity index (χ4n) is 1.44. The summed E-state index contributed by atoms with van der Waals surface area (Å²) in [6.07, 6.45) is 1.60. The molecule has 1 heterocycles. The molecule has 1 rings (SSSR count). The van der Waals surface area contributed by atoms with E-state index in [1.807, 2.05) is 20.8 Å². The van der Waals surface area contributed by atoms with E-state index in [0.717, 1.165) is 34.9 Å². The maximum Gasteiger partial charge on any atom is 0.313 e. The summed E-state index contributed by atoms with van der Waals surface area (Å²) in [6, 6.07) is 0. The Hall–Kier alpha value is -1.10. The largest absolute Gasteiger partial charge is 0.481 e. The van der Waals surface area contributed by atoms with Crippen molar-refractivity contribution in [3.05, 3.63) is 17.1 Å². The first-order valence-electron chi connectivity index (χ1n) is 5.29. The number of nitrogens with zero attached hydrogens (tertiary/aromatic N) is 2. The van der Waals surface area contributed by atoms with Gasteiger partial charge in [0, 0.05) is 17.7 Å². The molecular formula is C11H16N2O2S. The molecule has 16 heavy (non-hydrogen) atoms. The van der Waals surface area contributed by atoms with E-state index in [-0.39, 0.29) is 5.75 Å². The van der Waals surface area contributed by atoms with E-state index < -0.39 is 5.97 Å². The van der Waals surface area contributed by atoms with Gasteiger partial charge in [-0.25, -0.2) is 9.97 Å². The molecule has 0 bridgehead atoms. The number of aromatic nitrogens is 2. The Balaban J connectivity index is 3.02. The van der Waals surface area contributed by atoms with Crippen LogP contribution in [0.1, 0.15) is 30.9 Å². The molecule has 0 fully saturated rings. The number of carbonyl (C=O) groups is 1. The predicted molar refractivity (Wildman–Crippen MR) is 63.9 cm³/mol. The second-order valence-electron chi connectivity index (χ2n) is 3.40. The van der Waals surface area contributed by atoms with Crippen LogP contribution in [0.3, 0.4) is 0 Å². The Morgan fingerprint density at radius 1 is 1.31 bits per heavy atom. The Morgan fingerprint density at radius 3 is 2.50 bits per heavy atom. The summed E-state index contributed by atoms with van der Waals surface area (Å²) in [5.41, 5.74) is 2.02. The highest BCUT2D eigenvalue weighted by molar-refractivity contribution is 7.99. The standard InChI is InChI=1S/C11H16N2O2S/c1-4-8-7(3)12-9(5-2)13-11(8)16-6-10(14)15/h4-6H2,1-3H3,(H,14,15). The molecule has 0 aromatic carbocycles. The number of hydrogen-bond donors (Lipinski definition) is 1. The smallest absolute Gasteiger partial charge is 0.313 e. The zero-order chi connectivity index (χ0) is 12.1. The summed E-state index contributed by atoms with van der Waals surface area (Å²) < 4.78 is 0. The average Bonchev–Trinajstić information content (AvgIpc) is 2.25. The summed E-state index contributed by atoms with van der Waals surface area (Å²) >= 11 is 1.27. The van der Waals surface area contributed by atoms with Gasteiger partial charge < -0.3 is 5.11 Å². The number of aliphatic carboxylic acids is 1. The van der Waals surface area contributed by atoms with Crippen molar-refractivity contribution in [3.8, 4) is 0 Å². The first-order chi connectivity index (χ1) is 7.58. The van der Waals surface area contributed by atoms with Crippen LogP contribution in [0.5, 0.6) is 0 Å². The second-order valence-corrected chi connectivity index (χ2v) is 4.36. The van der Waals surface area contributed by atoms with Gasteiger partial charge in [0.15, 0.2) is 0 Å². The third kappa shape index (κ3) is 3.20. The van der Waals surface area contributed by atoms with Crippen molar-refractivity contribution in [1.29, 1.82) is 0 Å². The molecule has 5 heteroatoms. The highest BCUT2D eigenvalue weighted by Crippen LogP contribution is 2.23. The third-order valence-corrected chi connectivity index (χ3v) is 3.23. The maximum atomic E-state index is 10.5. The molecule has 0 aliphatic carbocycles. The van der Waals surface area contributed by atoms with Gasteiger partial charge in [0.1, 0.15) is 10.9 Å². The van der Waals surface area contributed by atoms with E-state index in [1.54, 1.807) is 0 Å². The molecule has 0 saturated carbocycles. The summed E-state index contributed by atoms with van der Waals surface area (Å²) in [4.78, 5) is 19.3. The van der Waals surface area contributed by atoms with Gasteiger partial charge in [0.25, 0.3) is 0 Å². The van der Waals surface area contributed by atoms with Crippen LogP contribution in [-0.4, -0.2) is 26.8 Å². The van der Waals surface area contributed by atoms with Gasteiger partial charge in [-0.05, 0) is 13.3 Å². The molecule has 0 radical (unpaired) electrons. The second kappa shape index (κ2) is 5.84. The van der Waals surface area contributed by atoms with Crippen LogP contribution in [0.2, 0.25) is 0 Å². The Kier molecular flexibility index (Phi) is 4.73. The van der Waals surface area contributed by atoms with Crippen LogP contribution in [0.25, 0.3) is 0 Å². The van der Waals surface area contributed by atoms with E-state index in [1.165, 1.54) is 11.8 Å². The van der Waals surface area contributed by atoms with Crippen LogP contribution in [0.15, 0.2) is 5.03 Å². The number of hydrogen-bond acceptors (Lipinski definition) is 4. The lowest BCUT2D eigenvalue weighted by atomic mass is 10.2. The van der Waals surface area contributed by atoms with Crippen molar-refractivity contribution in [3.63, 3.8) is 0 Å². The van der Waals surface area contributed by atoms with Crippen molar-refractivity contribution < 1.29 is 9.90 Å². The molecular weight excluding hydrogens is 224 g/mol. The average molecular weight is 240 g/mol. The van der Waals surface area contributed by atoms with E-state index in [4.69, 9.17) is 5.11 Å². The van der Waals surface area contributed by atoms with Gasteiger partial charge in [0.05, 0.1) is 5.75 Å². The summed E-state index contributed by atoms with van der Waals surface area (Å²) in [6.45, 7) is 5.97. The van der Waals surface area contributed by atoms with Crippen molar-refractivity contribution in [2.75, 3.05) is 5.75 Å². The highest BCUT2D eigenvalue weighted by atomic mass is 32.2. The Morgan fingerprint density at radius 2 is 2.00 bits per heavy atom. The number of aryl methyl sites for hydroxylation is 2. The molecule has 1 aromatic rings. The minimum absolute atomic E-state index is 0.0482. The number of carboxylic acids is 1. The molecule has 0 atom stereocenters. The van der Waals surface area contributed by atoms with Crippen molar-refractivity contribution in [2.45, 2.75) is 38.6 Å². The van der Waals surface area contributed by atoms with Crippen molar-refractivity contribution in [2.24, 2.45) is 0 Å². The fraction of sp³-hybridized carbons (Fsp3) is 0.545. The molecule has 1 N–H and O–H groups in total. The van der Waals surface area contributed by atoms with Gasteiger partial charge in [-0.3, -0.25) is 4.79 Å². The topological polar surface area (TPSA) is 63.1 Å². The first-order valence-corrected chi connectivity index (χ1v) is 6.28. The molecule has 0 aliphatic rings. The monoisotopic (exact) mass is 240 g/mol. The van der Waals surface area contributed by atoms with Gasteiger partial charge in [-0.2, -0.15) is 0 Å². The van der Waals surface area contributed by atoms with Gasteiger partial charge in [-0.1, -0.05) is 25.6 Å². The van der Waals surface area contributed by atoms with Crippen LogP contribution >= 0.6 is 11.8 Å². The van der Waals surface area contributed by atoms with Crippen LogP contribution < -0.4 is 0 Å². The van der Waals surface area contributed by atoms with Gasteiger partial charge in [-0.15, -0.1) is 0 Å². The zero-order valence-corrected chi connectivity index (χ0v) is 10.6. The van der Waals surface area contributed by atoms with E-state index in [9.17, 15) is 4.79 Å². The number of carboxylic acid groups (broad SMARTS) is 1. The number of thioether (sulfide) groups is 1. The lowest BCUT2D eigenvalue weighted by Gasteiger charge is -2.10. The van der Waals surface area contributed by atoms with Crippen LogP contribution in [-0.2, 0) is 17.6 Å². The van der Waals surface area contributed by atoms with Gasteiger partial charge >= 0.3 is 5.97 Å². The molecule has 0 aliphatic heterocycles. The van der Waals surface area contributed by atoms with Crippen LogP contribution in [0, 0.1) is 6.92 Å². The molecule has 0 spiro atoms. The van der Waals surface area contributed by atoms with E-state index in [0.29, 0.717) is 0 Å². The number of rotatable bonds is 5. The summed E-state index contributed by atoms with van der Waals surface area (Å²) in [7, 11) is 0. The minimum atomic E-state index is -0.818. The molecule has 0 saturated heterocycles. The van der Waals surface area contributed by atoms with Crippen LogP contribution in [0.4, 0.5) is 0 Å². The quantitative estimate of drug-likeness (QED) is 0.630. The maximum absolute atomic E-state index is 10.5. The SMILES string of the molecule is CCc1nc(C)c(CC)c(SCC(=O)O)n1. The predicted octanol–water partition coefficient (Wildman–Crippen LogP) is 2.09. The molecule has 0 unspecified atom stereocenters. The van der Waals surface area contributed by atoms with Gasteiger partial charge in [0.2, 0.25) is 0 Å². The normalized spacial score (nSPS) is 10.4. The summed E-state index contributed by atoms with van der Waals surface area (Å²) in [5, 5.41) is 9.48. The fourth-order valence-corrected chi connectivity index (χ4v) is 2.34. The van der Waals surface area contributed by atoms with Crippen molar-refractivity contribution >= 4 is 17.7 Å². The Bertz CT molecular complexity index is 394. The molecule has 4 nitrogen and oxygen atoms in total.